The smallest absolute Gasteiger partial charge is 0.277 e. The zero-order chi connectivity index (χ0) is 21.4. The molecule has 0 saturated heterocycles. The third-order valence-corrected chi connectivity index (χ3v) is 5.81. The number of aromatic nitrogens is 3. The van der Waals surface area contributed by atoms with Crippen molar-refractivity contribution in [3.05, 3.63) is 80.2 Å². The maximum atomic E-state index is 13.7. The highest BCUT2D eigenvalue weighted by Crippen LogP contribution is 2.29. The molecule has 0 aliphatic heterocycles. The van der Waals surface area contributed by atoms with E-state index in [2.05, 4.69) is 15.3 Å². The Morgan fingerprint density at radius 1 is 1.10 bits per heavy atom. The highest BCUT2D eigenvalue weighted by molar-refractivity contribution is 7.18. The van der Waals surface area contributed by atoms with Gasteiger partial charge in [0.15, 0.2) is 11.6 Å². The Kier molecular flexibility index (Phi) is 5.34. The minimum atomic E-state index is -0.909. The molecular weight excluding hydrogens is 406 g/mol. The fourth-order valence-electron chi connectivity index (χ4n) is 3.28. The molecule has 154 valence electrons. The molecule has 0 aliphatic rings. The number of benzene rings is 2. The average Bonchev–Trinajstić information content (AvgIpc) is 3.05. The number of rotatable bonds is 5. The van der Waals surface area contributed by atoms with Crippen LogP contribution in [-0.2, 0) is 13.0 Å². The molecule has 0 atom stereocenters. The van der Waals surface area contributed by atoms with Crippen LogP contribution in [0, 0.1) is 25.5 Å². The number of hydrogen-bond donors (Lipinski definition) is 1. The lowest BCUT2D eigenvalue weighted by Gasteiger charge is -2.16. The van der Waals surface area contributed by atoms with E-state index in [1.165, 1.54) is 6.07 Å². The first kappa shape index (κ1) is 20.2. The molecule has 4 aromatic rings. The van der Waals surface area contributed by atoms with Crippen molar-refractivity contribution in [2.45, 2.75) is 33.7 Å². The Labute approximate surface area is 176 Å². The van der Waals surface area contributed by atoms with Crippen molar-refractivity contribution in [2.75, 3.05) is 5.32 Å². The van der Waals surface area contributed by atoms with Crippen LogP contribution in [0.3, 0.4) is 0 Å². The first-order chi connectivity index (χ1) is 14.3. The standard InChI is InChI=1S/C22H20F2N4OS/c1-4-15-11-28(10-14-5-6-16(23)17(24)8-14)22(27-21(15)29)26-18-9-20-19(7-12(18)2)25-13(3)30-20/h5-9,11H,4,10H2,1-3H3,(H,26,27,29). The van der Waals surface area contributed by atoms with Gasteiger partial charge in [0.1, 0.15) is 0 Å². The summed E-state index contributed by atoms with van der Waals surface area (Å²) in [5.74, 6) is -1.47. The molecule has 8 heteroatoms. The number of aryl methyl sites for hydroxylation is 3. The third kappa shape index (κ3) is 3.95. The third-order valence-electron chi connectivity index (χ3n) is 4.87. The SMILES string of the molecule is CCc1cn(Cc2ccc(F)c(F)c2)c(Nc2cc3sc(C)nc3cc2C)nc1=O. The summed E-state index contributed by atoms with van der Waals surface area (Å²) in [6.07, 6.45) is 2.23. The van der Waals surface area contributed by atoms with Gasteiger partial charge in [0.25, 0.3) is 5.56 Å². The first-order valence-corrected chi connectivity index (χ1v) is 10.3. The van der Waals surface area contributed by atoms with Gasteiger partial charge in [0.05, 0.1) is 21.8 Å². The zero-order valence-corrected chi connectivity index (χ0v) is 17.6. The molecular formula is C22H20F2N4OS. The lowest BCUT2D eigenvalue weighted by Crippen LogP contribution is -2.20. The Morgan fingerprint density at radius 2 is 1.90 bits per heavy atom. The van der Waals surface area contributed by atoms with Gasteiger partial charge in [-0.3, -0.25) is 4.79 Å². The second kappa shape index (κ2) is 7.95. The van der Waals surface area contributed by atoms with Crippen molar-refractivity contribution in [2.24, 2.45) is 0 Å². The van der Waals surface area contributed by atoms with Crippen LogP contribution in [0.4, 0.5) is 20.4 Å². The van der Waals surface area contributed by atoms with Gasteiger partial charge in [-0.05, 0) is 55.7 Å². The normalized spacial score (nSPS) is 11.2. The molecule has 0 amide bonds. The van der Waals surface area contributed by atoms with Crippen molar-refractivity contribution in [3.8, 4) is 0 Å². The van der Waals surface area contributed by atoms with E-state index in [9.17, 15) is 13.6 Å². The van der Waals surface area contributed by atoms with Gasteiger partial charge in [-0.2, -0.15) is 4.98 Å². The quantitative estimate of drug-likeness (QED) is 0.482. The van der Waals surface area contributed by atoms with Gasteiger partial charge in [0.2, 0.25) is 5.95 Å². The van der Waals surface area contributed by atoms with Gasteiger partial charge in [-0.25, -0.2) is 13.8 Å². The van der Waals surface area contributed by atoms with E-state index in [0.717, 1.165) is 38.6 Å². The molecule has 2 heterocycles. The van der Waals surface area contributed by atoms with Crippen LogP contribution < -0.4 is 10.9 Å². The van der Waals surface area contributed by atoms with Gasteiger partial charge in [-0.15, -0.1) is 11.3 Å². The topological polar surface area (TPSA) is 59.8 Å². The van der Waals surface area contributed by atoms with E-state index in [1.54, 1.807) is 22.1 Å². The molecule has 1 N–H and O–H groups in total. The Hall–Kier alpha value is -3.13. The van der Waals surface area contributed by atoms with Crippen molar-refractivity contribution in [1.82, 2.24) is 14.5 Å². The van der Waals surface area contributed by atoms with Gasteiger partial charge in [-0.1, -0.05) is 13.0 Å². The maximum absolute atomic E-state index is 13.7. The fourth-order valence-corrected chi connectivity index (χ4v) is 4.13. The number of nitrogens with one attached hydrogen (secondary N) is 1. The van der Waals surface area contributed by atoms with Gasteiger partial charge in [0, 0.05) is 17.4 Å². The maximum Gasteiger partial charge on any atom is 0.277 e. The number of hydrogen-bond acceptors (Lipinski definition) is 5. The van der Waals surface area contributed by atoms with E-state index >= 15 is 0 Å². The van der Waals surface area contributed by atoms with Crippen molar-refractivity contribution in [3.63, 3.8) is 0 Å². The number of nitrogens with zero attached hydrogens (tertiary/aromatic N) is 3. The van der Waals surface area contributed by atoms with Crippen LogP contribution in [0.1, 0.15) is 28.6 Å². The summed E-state index contributed by atoms with van der Waals surface area (Å²) in [5.41, 5.74) is 3.49. The minimum Gasteiger partial charge on any atom is -0.325 e. The van der Waals surface area contributed by atoms with Crippen LogP contribution in [0.5, 0.6) is 0 Å². The molecule has 0 fully saturated rings. The zero-order valence-electron chi connectivity index (χ0n) is 16.8. The molecule has 0 radical (unpaired) electrons. The Bertz CT molecular complexity index is 1310. The van der Waals surface area contributed by atoms with Crippen LogP contribution in [-0.4, -0.2) is 14.5 Å². The molecule has 0 saturated carbocycles. The summed E-state index contributed by atoms with van der Waals surface area (Å²) in [5, 5.41) is 4.22. The van der Waals surface area contributed by atoms with Crippen molar-refractivity contribution < 1.29 is 8.78 Å². The summed E-state index contributed by atoms with van der Waals surface area (Å²) < 4.78 is 29.7. The van der Waals surface area contributed by atoms with Crippen molar-refractivity contribution in [1.29, 1.82) is 0 Å². The highest BCUT2D eigenvalue weighted by atomic mass is 32.1. The van der Waals surface area contributed by atoms with E-state index in [4.69, 9.17) is 0 Å². The molecule has 4 rings (SSSR count). The van der Waals surface area contributed by atoms with E-state index in [0.29, 0.717) is 23.5 Å². The number of anilines is 2. The van der Waals surface area contributed by atoms with Crippen LogP contribution in [0.25, 0.3) is 10.2 Å². The number of halogens is 2. The lowest BCUT2D eigenvalue weighted by atomic mass is 10.2. The molecule has 2 aromatic heterocycles. The number of thiazole rings is 1. The second-order valence-corrected chi connectivity index (χ2v) is 8.35. The summed E-state index contributed by atoms with van der Waals surface area (Å²) in [7, 11) is 0. The summed E-state index contributed by atoms with van der Waals surface area (Å²) in [4.78, 5) is 21.1. The first-order valence-electron chi connectivity index (χ1n) is 9.53. The molecule has 30 heavy (non-hydrogen) atoms. The molecule has 0 bridgehead atoms. The van der Waals surface area contributed by atoms with E-state index < -0.39 is 11.6 Å². The van der Waals surface area contributed by atoms with Crippen LogP contribution in [0.2, 0.25) is 0 Å². The molecule has 0 spiro atoms. The summed E-state index contributed by atoms with van der Waals surface area (Å²) in [6.45, 7) is 6.02. The van der Waals surface area contributed by atoms with Crippen molar-refractivity contribution >= 4 is 33.2 Å². The molecule has 2 aromatic carbocycles. The Balaban J connectivity index is 1.76. The van der Waals surface area contributed by atoms with E-state index in [-0.39, 0.29) is 12.1 Å². The Morgan fingerprint density at radius 3 is 2.63 bits per heavy atom. The molecule has 0 aliphatic carbocycles. The fraction of sp³-hybridized carbons (Fsp3) is 0.227. The predicted molar refractivity (Wildman–Crippen MR) is 116 cm³/mol. The highest BCUT2D eigenvalue weighted by Gasteiger charge is 2.13. The summed E-state index contributed by atoms with van der Waals surface area (Å²) >= 11 is 1.59. The van der Waals surface area contributed by atoms with Gasteiger partial charge < -0.3 is 9.88 Å². The van der Waals surface area contributed by atoms with E-state index in [1.807, 2.05) is 32.9 Å². The largest absolute Gasteiger partial charge is 0.325 e. The number of fused-ring (bicyclic) bond motifs is 1. The second-order valence-electron chi connectivity index (χ2n) is 7.12. The van der Waals surface area contributed by atoms with Crippen LogP contribution in [0.15, 0.2) is 41.3 Å². The molecule has 5 nitrogen and oxygen atoms in total. The molecule has 0 unspecified atom stereocenters. The van der Waals surface area contributed by atoms with Crippen LogP contribution >= 0.6 is 11.3 Å². The monoisotopic (exact) mass is 426 g/mol. The lowest BCUT2D eigenvalue weighted by molar-refractivity contribution is 0.506. The average molecular weight is 426 g/mol. The van der Waals surface area contributed by atoms with Gasteiger partial charge >= 0.3 is 0 Å². The minimum absolute atomic E-state index is 0.237. The summed E-state index contributed by atoms with van der Waals surface area (Å²) in [6, 6.07) is 7.73. The predicted octanol–water partition coefficient (Wildman–Crippen LogP) is 5.10.